The summed E-state index contributed by atoms with van der Waals surface area (Å²) in [5.74, 6) is 2.29. The van der Waals surface area contributed by atoms with Crippen LogP contribution in [0.1, 0.15) is 6.92 Å². The van der Waals surface area contributed by atoms with E-state index in [1.54, 1.807) is 16.7 Å². The number of ether oxygens (including phenoxy) is 2. The lowest BCUT2D eigenvalue weighted by molar-refractivity contribution is 0.332. The van der Waals surface area contributed by atoms with Crippen molar-refractivity contribution < 1.29 is 9.47 Å². The Kier molecular flexibility index (Phi) is 6.54. The maximum atomic E-state index is 12.7. The molecule has 0 saturated carbocycles. The number of aromatic nitrogens is 2. The Balaban J connectivity index is 1.66. The van der Waals surface area contributed by atoms with E-state index in [-0.39, 0.29) is 5.56 Å². The fourth-order valence-electron chi connectivity index (χ4n) is 2.64. The highest BCUT2D eigenvalue weighted by atomic mass is 32.2. The van der Waals surface area contributed by atoms with Gasteiger partial charge in [0.1, 0.15) is 11.5 Å². The summed E-state index contributed by atoms with van der Waals surface area (Å²) >= 11 is 1.50. The van der Waals surface area contributed by atoms with Crippen molar-refractivity contribution in [1.82, 2.24) is 9.55 Å². The summed E-state index contributed by atoms with van der Waals surface area (Å²) in [5, 5.41) is 1.29. The maximum Gasteiger partial charge on any atom is 0.262 e. The van der Waals surface area contributed by atoms with Crippen molar-refractivity contribution in [2.24, 2.45) is 0 Å². The van der Waals surface area contributed by atoms with Crippen LogP contribution in [-0.2, 0) is 6.54 Å². The highest BCUT2D eigenvalue weighted by molar-refractivity contribution is 7.99. The zero-order valence-electron chi connectivity index (χ0n) is 15.3. The third-order valence-electron chi connectivity index (χ3n) is 3.86. The van der Waals surface area contributed by atoms with Crippen molar-refractivity contribution in [3.63, 3.8) is 0 Å². The van der Waals surface area contributed by atoms with Gasteiger partial charge in [-0.1, -0.05) is 30.0 Å². The summed E-state index contributed by atoms with van der Waals surface area (Å²) in [4.78, 5) is 17.3. The molecule has 1 heterocycles. The van der Waals surface area contributed by atoms with Gasteiger partial charge < -0.3 is 9.47 Å². The fraction of sp³-hybridized carbons (Fsp3) is 0.238. The second kappa shape index (κ2) is 9.28. The molecule has 0 radical (unpaired) electrons. The number of benzene rings is 2. The van der Waals surface area contributed by atoms with Gasteiger partial charge in [-0.3, -0.25) is 9.36 Å². The van der Waals surface area contributed by atoms with Crippen molar-refractivity contribution >= 4 is 22.7 Å². The lowest BCUT2D eigenvalue weighted by atomic mass is 10.2. The van der Waals surface area contributed by atoms with Crippen LogP contribution in [0.4, 0.5) is 0 Å². The summed E-state index contributed by atoms with van der Waals surface area (Å²) in [6, 6.07) is 14.9. The van der Waals surface area contributed by atoms with E-state index in [1.807, 2.05) is 49.4 Å². The van der Waals surface area contributed by atoms with Gasteiger partial charge in [0, 0.05) is 12.3 Å². The summed E-state index contributed by atoms with van der Waals surface area (Å²) in [5.41, 5.74) is 0.660. The SMILES string of the molecule is C=CCn1c(SCCOc2ccc(OCC)cc2)nc2ccccc2c1=O. The van der Waals surface area contributed by atoms with Crippen LogP contribution in [0.25, 0.3) is 10.9 Å². The predicted octanol–water partition coefficient (Wildman–Crippen LogP) is 4.15. The fourth-order valence-corrected chi connectivity index (χ4v) is 3.46. The highest BCUT2D eigenvalue weighted by Gasteiger charge is 2.10. The number of rotatable bonds is 9. The molecule has 0 aliphatic heterocycles. The Morgan fingerprint density at radius 2 is 1.81 bits per heavy atom. The molecule has 0 bridgehead atoms. The normalized spacial score (nSPS) is 10.7. The van der Waals surface area contributed by atoms with Crippen LogP contribution in [0.15, 0.2) is 71.1 Å². The first-order valence-corrected chi connectivity index (χ1v) is 9.80. The molecule has 6 heteroatoms. The van der Waals surface area contributed by atoms with Crippen molar-refractivity contribution in [1.29, 1.82) is 0 Å². The maximum absolute atomic E-state index is 12.7. The van der Waals surface area contributed by atoms with Crippen LogP contribution in [0.5, 0.6) is 11.5 Å². The van der Waals surface area contributed by atoms with Gasteiger partial charge in [0.25, 0.3) is 5.56 Å². The lowest BCUT2D eigenvalue weighted by Crippen LogP contribution is -2.23. The van der Waals surface area contributed by atoms with Gasteiger partial charge in [0.05, 0.1) is 24.1 Å². The number of allylic oxidation sites excluding steroid dienone is 1. The number of para-hydroxylation sites is 1. The molecule has 3 rings (SSSR count). The van der Waals surface area contributed by atoms with E-state index in [2.05, 4.69) is 11.6 Å². The van der Waals surface area contributed by atoms with E-state index >= 15 is 0 Å². The topological polar surface area (TPSA) is 53.4 Å². The van der Waals surface area contributed by atoms with Crippen molar-refractivity contribution in [3.8, 4) is 11.5 Å². The van der Waals surface area contributed by atoms with Crippen LogP contribution >= 0.6 is 11.8 Å². The van der Waals surface area contributed by atoms with E-state index in [0.29, 0.717) is 41.6 Å². The van der Waals surface area contributed by atoms with Gasteiger partial charge >= 0.3 is 0 Å². The molecule has 0 fully saturated rings. The average Bonchev–Trinajstić information content (AvgIpc) is 2.69. The van der Waals surface area contributed by atoms with E-state index in [1.165, 1.54) is 11.8 Å². The van der Waals surface area contributed by atoms with Crippen molar-refractivity contribution in [2.75, 3.05) is 19.0 Å². The molecule has 0 aliphatic carbocycles. The van der Waals surface area contributed by atoms with Crippen LogP contribution in [0.3, 0.4) is 0 Å². The van der Waals surface area contributed by atoms with Gasteiger partial charge in [-0.05, 0) is 43.3 Å². The molecular weight excluding hydrogens is 360 g/mol. The van der Waals surface area contributed by atoms with E-state index in [0.717, 1.165) is 11.5 Å². The highest BCUT2D eigenvalue weighted by Crippen LogP contribution is 2.20. The van der Waals surface area contributed by atoms with E-state index < -0.39 is 0 Å². The zero-order chi connectivity index (χ0) is 19.1. The first-order valence-electron chi connectivity index (χ1n) is 8.82. The quantitative estimate of drug-likeness (QED) is 0.241. The molecule has 0 atom stereocenters. The molecule has 2 aromatic carbocycles. The Bertz CT molecular complexity index is 967. The minimum absolute atomic E-state index is 0.0459. The molecule has 0 spiro atoms. The third-order valence-corrected chi connectivity index (χ3v) is 4.80. The first kappa shape index (κ1) is 19.0. The molecule has 5 nitrogen and oxygen atoms in total. The van der Waals surface area contributed by atoms with Crippen molar-refractivity contribution in [3.05, 3.63) is 71.5 Å². The van der Waals surface area contributed by atoms with Crippen LogP contribution in [-0.4, -0.2) is 28.5 Å². The van der Waals surface area contributed by atoms with Gasteiger partial charge in [0.15, 0.2) is 5.16 Å². The van der Waals surface area contributed by atoms with Gasteiger partial charge in [-0.2, -0.15) is 0 Å². The molecule has 140 valence electrons. The molecule has 0 saturated heterocycles. The van der Waals surface area contributed by atoms with E-state index in [9.17, 15) is 4.79 Å². The Labute approximate surface area is 162 Å². The lowest BCUT2D eigenvalue weighted by Gasteiger charge is -2.12. The largest absolute Gasteiger partial charge is 0.494 e. The second-order valence-electron chi connectivity index (χ2n) is 5.72. The summed E-state index contributed by atoms with van der Waals surface area (Å²) in [7, 11) is 0. The van der Waals surface area contributed by atoms with Gasteiger partial charge in [0.2, 0.25) is 0 Å². The van der Waals surface area contributed by atoms with Crippen LogP contribution in [0.2, 0.25) is 0 Å². The van der Waals surface area contributed by atoms with E-state index in [4.69, 9.17) is 9.47 Å². The zero-order valence-corrected chi connectivity index (χ0v) is 16.1. The van der Waals surface area contributed by atoms with Gasteiger partial charge in [-0.15, -0.1) is 6.58 Å². The molecule has 27 heavy (non-hydrogen) atoms. The minimum atomic E-state index is -0.0459. The second-order valence-corrected chi connectivity index (χ2v) is 6.78. The molecule has 1 aromatic heterocycles. The Morgan fingerprint density at radius 3 is 2.52 bits per heavy atom. The van der Waals surface area contributed by atoms with Crippen LogP contribution in [0, 0.1) is 0 Å². The first-order chi connectivity index (χ1) is 13.2. The summed E-state index contributed by atoms with van der Waals surface area (Å²) < 4.78 is 12.8. The number of hydrogen-bond acceptors (Lipinski definition) is 5. The van der Waals surface area contributed by atoms with Gasteiger partial charge in [-0.25, -0.2) is 4.98 Å². The number of hydrogen-bond donors (Lipinski definition) is 0. The monoisotopic (exact) mass is 382 g/mol. The molecule has 3 aromatic rings. The van der Waals surface area contributed by atoms with Crippen LogP contribution < -0.4 is 15.0 Å². The number of thioether (sulfide) groups is 1. The predicted molar refractivity (Wildman–Crippen MR) is 110 cm³/mol. The molecule has 0 amide bonds. The minimum Gasteiger partial charge on any atom is -0.494 e. The molecule has 0 aliphatic rings. The standard InChI is InChI=1S/C21H22N2O3S/c1-3-13-23-20(24)18-7-5-6-8-19(18)22-21(23)27-15-14-26-17-11-9-16(10-12-17)25-4-2/h3,5-12H,1,4,13-15H2,2H3. The molecular formula is C21H22N2O3S. The smallest absolute Gasteiger partial charge is 0.262 e. The molecule has 0 N–H and O–H groups in total. The summed E-state index contributed by atoms with van der Waals surface area (Å²) in [6.45, 7) is 7.28. The average molecular weight is 382 g/mol. The number of nitrogens with zero attached hydrogens (tertiary/aromatic N) is 2. The van der Waals surface area contributed by atoms with Crippen molar-refractivity contribution in [2.45, 2.75) is 18.6 Å². The number of fused-ring (bicyclic) bond motifs is 1. The Hall–Kier alpha value is -2.73. The Morgan fingerprint density at radius 1 is 1.11 bits per heavy atom. The third kappa shape index (κ3) is 4.71. The summed E-state index contributed by atoms with van der Waals surface area (Å²) in [6.07, 6.45) is 1.71. The molecule has 0 unspecified atom stereocenters.